The van der Waals surface area contributed by atoms with Crippen molar-refractivity contribution in [3.63, 3.8) is 0 Å². The quantitative estimate of drug-likeness (QED) is 0.910. The van der Waals surface area contributed by atoms with Crippen LogP contribution in [0.4, 0.5) is 0 Å². The van der Waals surface area contributed by atoms with Crippen molar-refractivity contribution in [3.8, 4) is 0 Å². The highest BCUT2D eigenvalue weighted by molar-refractivity contribution is 5.97. The minimum absolute atomic E-state index is 0.134. The predicted octanol–water partition coefficient (Wildman–Crippen LogP) is 2.73. The Morgan fingerprint density at radius 1 is 1.24 bits per heavy atom. The van der Waals surface area contributed by atoms with Gasteiger partial charge in [-0.3, -0.25) is 4.79 Å². The second-order valence-electron chi connectivity index (χ2n) is 4.19. The van der Waals surface area contributed by atoms with E-state index in [1.807, 2.05) is 30.3 Å². The summed E-state index contributed by atoms with van der Waals surface area (Å²) in [5, 5.41) is 11.4. The standard InChI is InChI=1S/C11H12NO3.C6H5/c1-3-12-10(13)8-5-4-7(2)9(6-8)11(14)15;1-2-4-6-5-3-1/h4,6H,3H2,1-2H3,(H,12,13)(H,14,15);1-5H. The Balaban J connectivity index is 0.000000304. The summed E-state index contributed by atoms with van der Waals surface area (Å²) in [7, 11) is 0. The molecule has 2 rings (SSSR count). The van der Waals surface area contributed by atoms with Gasteiger partial charge in [0.15, 0.2) is 0 Å². The van der Waals surface area contributed by atoms with E-state index in [2.05, 4.69) is 17.4 Å². The first kappa shape index (κ1) is 16.4. The summed E-state index contributed by atoms with van der Waals surface area (Å²) in [4.78, 5) is 22.2. The van der Waals surface area contributed by atoms with E-state index in [4.69, 9.17) is 5.11 Å². The van der Waals surface area contributed by atoms with E-state index >= 15 is 0 Å². The van der Waals surface area contributed by atoms with Crippen LogP contribution in [0.1, 0.15) is 33.2 Å². The molecule has 0 heterocycles. The zero-order chi connectivity index (χ0) is 15.7. The topological polar surface area (TPSA) is 66.4 Å². The Kier molecular flexibility index (Phi) is 6.68. The highest BCUT2D eigenvalue weighted by atomic mass is 16.4. The van der Waals surface area contributed by atoms with Crippen LogP contribution in [0.15, 0.2) is 42.5 Å². The van der Waals surface area contributed by atoms with Crippen molar-refractivity contribution in [2.75, 3.05) is 6.54 Å². The number of benzene rings is 2. The van der Waals surface area contributed by atoms with Crippen molar-refractivity contribution in [3.05, 3.63) is 71.3 Å². The average Bonchev–Trinajstić information content (AvgIpc) is 2.50. The first-order chi connectivity index (χ1) is 10.1. The van der Waals surface area contributed by atoms with Crippen LogP contribution in [0.25, 0.3) is 0 Å². The molecular weight excluding hydrogens is 266 g/mol. The number of amides is 1. The maximum atomic E-state index is 11.4. The van der Waals surface area contributed by atoms with E-state index in [1.54, 1.807) is 13.8 Å². The van der Waals surface area contributed by atoms with Gasteiger partial charge in [0.2, 0.25) is 0 Å². The van der Waals surface area contributed by atoms with Crippen molar-refractivity contribution in [1.82, 2.24) is 5.32 Å². The smallest absolute Gasteiger partial charge is 0.335 e. The number of carboxylic acids is 1. The molecule has 2 aromatic rings. The second kappa shape index (κ2) is 8.53. The molecule has 0 atom stereocenters. The summed E-state index contributed by atoms with van der Waals surface area (Å²) in [6, 6.07) is 18.1. The number of rotatable bonds is 3. The van der Waals surface area contributed by atoms with Gasteiger partial charge in [-0.2, -0.15) is 0 Å². The lowest BCUT2D eigenvalue weighted by Crippen LogP contribution is -2.23. The lowest BCUT2D eigenvalue weighted by atomic mass is 10.0. The van der Waals surface area contributed by atoms with E-state index in [0.717, 1.165) is 0 Å². The Hall–Kier alpha value is -2.62. The second-order valence-corrected chi connectivity index (χ2v) is 4.19. The number of hydrogen-bond donors (Lipinski definition) is 2. The molecule has 0 aliphatic heterocycles. The summed E-state index contributed by atoms with van der Waals surface area (Å²) in [5.74, 6) is -1.34. The van der Waals surface area contributed by atoms with Crippen LogP contribution in [-0.2, 0) is 0 Å². The molecule has 0 saturated heterocycles. The molecule has 0 fully saturated rings. The Labute approximate surface area is 124 Å². The van der Waals surface area contributed by atoms with Crippen molar-refractivity contribution >= 4 is 11.9 Å². The number of hydrogen-bond acceptors (Lipinski definition) is 2. The van der Waals surface area contributed by atoms with Crippen molar-refractivity contribution in [1.29, 1.82) is 0 Å². The van der Waals surface area contributed by atoms with E-state index in [9.17, 15) is 9.59 Å². The van der Waals surface area contributed by atoms with E-state index in [1.165, 1.54) is 12.1 Å². The monoisotopic (exact) mass is 283 g/mol. The summed E-state index contributed by atoms with van der Waals surface area (Å²) in [5.41, 5.74) is 0.977. The molecule has 0 bridgehead atoms. The van der Waals surface area contributed by atoms with Gasteiger partial charge in [-0.05, 0) is 43.7 Å². The normalized spacial score (nSPS) is 9.24. The molecule has 1 amide bonds. The van der Waals surface area contributed by atoms with Gasteiger partial charge < -0.3 is 10.4 Å². The average molecular weight is 283 g/mol. The molecule has 0 spiro atoms. The van der Waals surface area contributed by atoms with Crippen LogP contribution in [0.3, 0.4) is 0 Å². The minimum atomic E-state index is -1.04. The van der Waals surface area contributed by atoms with E-state index < -0.39 is 5.97 Å². The molecule has 2 radical (unpaired) electrons. The molecule has 0 aromatic heterocycles. The van der Waals surface area contributed by atoms with E-state index in [-0.39, 0.29) is 17.0 Å². The third kappa shape index (κ3) is 5.48. The van der Waals surface area contributed by atoms with E-state index in [0.29, 0.717) is 12.1 Å². The summed E-state index contributed by atoms with van der Waals surface area (Å²) in [6.45, 7) is 3.97. The van der Waals surface area contributed by atoms with Gasteiger partial charge in [-0.15, -0.1) is 0 Å². The van der Waals surface area contributed by atoms with Crippen LogP contribution in [0.2, 0.25) is 0 Å². The number of aryl methyl sites for hydroxylation is 1. The zero-order valence-electron chi connectivity index (χ0n) is 12.0. The molecule has 21 heavy (non-hydrogen) atoms. The summed E-state index contributed by atoms with van der Waals surface area (Å²) in [6.07, 6.45) is 0. The molecule has 2 N–H and O–H groups in total. The predicted molar refractivity (Wildman–Crippen MR) is 80.3 cm³/mol. The third-order valence-electron chi connectivity index (χ3n) is 2.58. The Morgan fingerprint density at radius 3 is 2.33 bits per heavy atom. The van der Waals surface area contributed by atoms with Gasteiger partial charge >= 0.3 is 5.97 Å². The van der Waals surface area contributed by atoms with Crippen LogP contribution in [0.5, 0.6) is 0 Å². The first-order valence-electron chi connectivity index (χ1n) is 6.51. The molecule has 0 unspecified atom stereocenters. The van der Waals surface area contributed by atoms with Gasteiger partial charge in [-0.1, -0.05) is 30.3 Å². The van der Waals surface area contributed by atoms with Crippen molar-refractivity contribution < 1.29 is 14.7 Å². The highest BCUT2D eigenvalue weighted by Gasteiger charge is 2.11. The maximum Gasteiger partial charge on any atom is 0.335 e. The SMILES string of the molecule is CCNC(=O)c1[c]cc(C)c(C(=O)O)c1.[c]1ccccc1. The molecule has 0 aliphatic rings. The largest absolute Gasteiger partial charge is 0.478 e. The van der Waals surface area contributed by atoms with Gasteiger partial charge in [0.05, 0.1) is 5.56 Å². The minimum Gasteiger partial charge on any atom is -0.478 e. The van der Waals surface area contributed by atoms with Gasteiger partial charge in [0, 0.05) is 12.1 Å². The number of aromatic carboxylic acids is 1. The molecule has 108 valence electrons. The van der Waals surface area contributed by atoms with Gasteiger partial charge in [0.25, 0.3) is 5.91 Å². The molecule has 4 nitrogen and oxygen atoms in total. The summed E-state index contributed by atoms with van der Waals surface area (Å²) >= 11 is 0. The molecule has 0 saturated carbocycles. The van der Waals surface area contributed by atoms with Gasteiger partial charge in [0.1, 0.15) is 0 Å². The number of carbonyl (C=O) groups excluding carboxylic acids is 1. The lowest BCUT2D eigenvalue weighted by Gasteiger charge is -2.04. The Morgan fingerprint density at radius 2 is 1.90 bits per heavy atom. The lowest BCUT2D eigenvalue weighted by molar-refractivity contribution is 0.0696. The number of carboxylic acid groups (broad SMARTS) is 1. The third-order valence-corrected chi connectivity index (χ3v) is 2.58. The van der Waals surface area contributed by atoms with Crippen LogP contribution in [-0.4, -0.2) is 23.5 Å². The van der Waals surface area contributed by atoms with Crippen molar-refractivity contribution in [2.24, 2.45) is 0 Å². The highest BCUT2D eigenvalue weighted by Crippen LogP contribution is 2.10. The van der Waals surface area contributed by atoms with Crippen LogP contribution >= 0.6 is 0 Å². The molecule has 4 heteroatoms. The van der Waals surface area contributed by atoms with Crippen molar-refractivity contribution in [2.45, 2.75) is 13.8 Å². The fraction of sp³-hybridized carbons (Fsp3) is 0.176. The number of carbonyl (C=O) groups is 2. The molecular formula is C17H17NO3. The Bertz CT molecular complexity index is 568. The van der Waals surface area contributed by atoms with Crippen LogP contribution in [0, 0.1) is 19.1 Å². The first-order valence-corrected chi connectivity index (χ1v) is 6.51. The fourth-order valence-corrected chi connectivity index (χ4v) is 1.52. The molecule has 2 aromatic carbocycles. The zero-order valence-corrected chi connectivity index (χ0v) is 12.0. The fourth-order valence-electron chi connectivity index (χ4n) is 1.52. The maximum absolute atomic E-state index is 11.4. The summed E-state index contributed by atoms with van der Waals surface area (Å²) < 4.78 is 0. The van der Waals surface area contributed by atoms with Crippen LogP contribution < -0.4 is 5.32 Å². The number of nitrogens with one attached hydrogen (secondary N) is 1. The molecule has 0 aliphatic carbocycles. The van der Waals surface area contributed by atoms with Gasteiger partial charge in [-0.25, -0.2) is 4.79 Å².